The van der Waals surface area contributed by atoms with Crippen molar-refractivity contribution in [2.24, 2.45) is 0 Å². The van der Waals surface area contributed by atoms with E-state index in [1.165, 1.54) is 11.3 Å². The molecule has 0 saturated heterocycles. The first-order valence-corrected chi connectivity index (χ1v) is 8.46. The minimum absolute atomic E-state index is 0.268. The zero-order chi connectivity index (χ0) is 16.9. The summed E-state index contributed by atoms with van der Waals surface area (Å²) in [6.07, 6.45) is 0. The van der Waals surface area contributed by atoms with Crippen LogP contribution in [0.4, 0.5) is 15.6 Å². The number of urea groups is 1. The minimum Gasteiger partial charge on any atom is -0.375 e. The molecule has 2 amide bonds. The fraction of sp³-hybridized carbons (Fsp3) is 0.0588. The summed E-state index contributed by atoms with van der Waals surface area (Å²) in [6.45, 7) is 0.430. The van der Waals surface area contributed by atoms with Crippen molar-refractivity contribution in [2.45, 2.75) is 6.54 Å². The monoisotopic (exact) mass is 358 g/mol. The standard InChI is InChI=1S/C17H15ClN4OS/c18-13-5-1-11(2-6-13)9-20-17(23)21-14-7-3-12(4-8-14)15-10-24-16(19)22-15/h1-8,10H,9H2,(H2,19,22)(H2,20,21,23). The van der Waals surface area contributed by atoms with Gasteiger partial charge < -0.3 is 16.4 Å². The third kappa shape index (κ3) is 4.24. The molecule has 0 unspecified atom stereocenters. The summed E-state index contributed by atoms with van der Waals surface area (Å²) in [7, 11) is 0. The second kappa shape index (κ2) is 7.33. The summed E-state index contributed by atoms with van der Waals surface area (Å²) in [4.78, 5) is 16.2. The van der Waals surface area contributed by atoms with E-state index in [0.717, 1.165) is 16.8 Å². The van der Waals surface area contributed by atoms with Crippen LogP contribution in [0.3, 0.4) is 0 Å². The number of thiazole rings is 1. The van der Waals surface area contributed by atoms with Crippen molar-refractivity contribution < 1.29 is 4.79 Å². The number of anilines is 2. The smallest absolute Gasteiger partial charge is 0.319 e. The van der Waals surface area contributed by atoms with Crippen molar-refractivity contribution in [2.75, 3.05) is 11.1 Å². The molecule has 0 saturated carbocycles. The molecule has 0 aliphatic rings. The van der Waals surface area contributed by atoms with E-state index in [-0.39, 0.29) is 6.03 Å². The third-order valence-corrected chi connectivity index (χ3v) is 4.25. The Kier molecular flexibility index (Phi) is 4.98. The van der Waals surface area contributed by atoms with Crippen molar-refractivity contribution in [3.05, 3.63) is 64.5 Å². The summed E-state index contributed by atoms with van der Waals surface area (Å²) < 4.78 is 0. The number of hydrogen-bond acceptors (Lipinski definition) is 4. The Morgan fingerprint density at radius 2 is 1.83 bits per heavy atom. The highest BCUT2D eigenvalue weighted by Gasteiger charge is 2.05. The number of amides is 2. The van der Waals surface area contributed by atoms with Gasteiger partial charge >= 0.3 is 6.03 Å². The lowest BCUT2D eigenvalue weighted by molar-refractivity contribution is 0.251. The normalized spacial score (nSPS) is 10.4. The van der Waals surface area contributed by atoms with Gasteiger partial charge in [-0.15, -0.1) is 11.3 Å². The summed E-state index contributed by atoms with van der Waals surface area (Å²) in [5.74, 6) is 0. The maximum absolute atomic E-state index is 11.9. The lowest BCUT2D eigenvalue weighted by Gasteiger charge is -2.08. The van der Waals surface area contributed by atoms with Crippen LogP contribution in [0.15, 0.2) is 53.9 Å². The summed E-state index contributed by atoms with van der Waals surface area (Å²) in [5, 5.41) is 8.69. The van der Waals surface area contributed by atoms with Crippen molar-refractivity contribution in [3.8, 4) is 11.3 Å². The molecule has 1 aromatic heterocycles. The Morgan fingerprint density at radius 1 is 1.12 bits per heavy atom. The molecule has 0 radical (unpaired) electrons. The van der Waals surface area contributed by atoms with Crippen LogP contribution in [0, 0.1) is 0 Å². The van der Waals surface area contributed by atoms with Crippen LogP contribution >= 0.6 is 22.9 Å². The van der Waals surface area contributed by atoms with Crippen LogP contribution in [0.5, 0.6) is 0 Å². The van der Waals surface area contributed by atoms with E-state index in [2.05, 4.69) is 15.6 Å². The second-order valence-electron chi connectivity index (χ2n) is 5.08. The van der Waals surface area contributed by atoms with Gasteiger partial charge in [-0.2, -0.15) is 0 Å². The molecule has 122 valence electrons. The number of nitrogen functional groups attached to an aromatic ring is 1. The molecule has 5 nitrogen and oxygen atoms in total. The molecule has 3 rings (SSSR count). The molecular formula is C17H15ClN4OS. The zero-order valence-corrected chi connectivity index (χ0v) is 14.2. The van der Waals surface area contributed by atoms with Crippen molar-refractivity contribution in [1.29, 1.82) is 0 Å². The van der Waals surface area contributed by atoms with Crippen LogP contribution in [-0.2, 0) is 6.54 Å². The first kappa shape index (κ1) is 16.3. The summed E-state index contributed by atoms with van der Waals surface area (Å²) >= 11 is 7.23. The van der Waals surface area contributed by atoms with Gasteiger partial charge in [0.1, 0.15) is 0 Å². The van der Waals surface area contributed by atoms with Crippen LogP contribution in [0.1, 0.15) is 5.56 Å². The van der Waals surface area contributed by atoms with Gasteiger partial charge in [-0.25, -0.2) is 9.78 Å². The van der Waals surface area contributed by atoms with Crippen molar-refractivity contribution in [1.82, 2.24) is 10.3 Å². The molecule has 0 aliphatic carbocycles. The third-order valence-electron chi connectivity index (χ3n) is 3.33. The Bertz CT molecular complexity index is 831. The predicted molar refractivity (Wildman–Crippen MR) is 99.3 cm³/mol. The van der Waals surface area contributed by atoms with E-state index >= 15 is 0 Å². The first-order chi connectivity index (χ1) is 11.6. The summed E-state index contributed by atoms with van der Waals surface area (Å²) in [6, 6.07) is 14.5. The van der Waals surface area contributed by atoms with E-state index in [9.17, 15) is 4.79 Å². The van der Waals surface area contributed by atoms with E-state index in [0.29, 0.717) is 22.4 Å². The van der Waals surface area contributed by atoms with Gasteiger partial charge in [0.05, 0.1) is 5.69 Å². The van der Waals surface area contributed by atoms with E-state index < -0.39 is 0 Å². The predicted octanol–water partition coefficient (Wildman–Crippen LogP) is 4.37. The van der Waals surface area contributed by atoms with Crippen LogP contribution in [0.25, 0.3) is 11.3 Å². The Morgan fingerprint density at radius 3 is 2.46 bits per heavy atom. The van der Waals surface area contributed by atoms with Crippen molar-refractivity contribution >= 4 is 39.8 Å². The number of nitrogens with one attached hydrogen (secondary N) is 2. The molecule has 24 heavy (non-hydrogen) atoms. The van der Waals surface area contributed by atoms with Crippen LogP contribution in [-0.4, -0.2) is 11.0 Å². The number of rotatable bonds is 4. The molecule has 4 N–H and O–H groups in total. The number of benzene rings is 2. The topological polar surface area (TPSA) is 80.0 Å². The summed E-state index contributed by atoms with van der Waals surface area (Å²) in [5.41, 5.74) is 9.10. The average molecular weight is 359 g/mol. The molecule has 7 heteroatoms. The number of nitrogens with zero attached hydrogens (tertiary/aromatic N) is 1. The Labute approximate surface area is 148 Å². The van der Waals surface area contributed by atoms with E-state index in [4.69, 9.17) is 17.3 Å². The Balaban J connectivity index is 1.55. The molecule has 3 aromatic rings. The van der Waals surface area contributed by atoms with Gasteiger partial charge in [0, 0.05) is 28.2 Å². The lowest BCUT2D eigenvalue weighted by atomic mass is 10.1. The number of carbonyl (C=O) groups excluding carboxylic acids is 1. The van der Waals surface area contributed by atoms with Gasteiger partial charge in [0.15, 0.2) is 5.13 Å². The van der Waals surface area contributed by atoms with Crippen molar-refractivity contribution in [3.63, 3.8) is 0 Å². The maximum Gasteiger partial charge on any atom is 0.319 e. The fourth-order valence-electron chi connectivity index (χ4n) is 2.10. The first-order valence-electron chi connectivity index (χ1n) is 7.21. The van der Waals surface area contributed by atoms with Crippen LogP contribution in [0.2, 0.25) is 5.02 Å². The number of carbonyl (C=O) groups is 1. The average Bonchev–Trinajstić information content (AvgIpc) is 3.01. The van der Waals surface area contributed by atoms with Gasteiger partial charge in [-0.3, -0.25) is 0 Å². The number of hydrogen-bond donors (Lipinski definition) is 3. The maximum atomic E-state index is 11.9. The largest absolute Gasteiger partial charge is 0.375 e. The molecule has 2 aromatic carbocycles. The molecular weight excluding hydrogens is 344 g/mol. The van der Waals surface area contributed by atoms with Gasteiger partial charge in [-0.05, 0) is 29.8 Å². The molecule has 0 atom stereocenters. The highest BCUT2D eigenvalue weighted by atomic mass is 35.5. The highest BCUT2D eigenvalue weighted by Crippen LogP contribution is 2.24. The molecule has 0 aliphatic heterocycles. The minimum atomic E-state index is -0.268. The zero-order valence-electron chi connectivity index (χ0n) is 12.6. The molecule has 1 heterocycles. The number of aromatic nitrogens is 1. The van der Waals surface area contributed by atoms with Gasteiger partial charge in [0.2, 0.25) is 0 Å². The molecule has 0 spiro atoms. The SMILES string of the molecule is Nc1nc(-c2ccc(NC(=O)NCc3ccc(Cl)cc3)cc2)cs1. The fourth-order valence-corrected chi connectivity index (χ4v) is 2.80. The lowest BCUT2D eigenvalue weighted by Crippen LogP contribution is -2.28. The Hall–Kier alpha value is -2.57. The van der Waals surface area contributed by atoms with E-state index in [1.807, 2.05) is 41.8 Å². The van der Waals surface area contributed by atoms with E-state index in [1.54, 1.807) is 12.1 Å². The van der Waals surface area contributed by atoms with Gasteiger partial charge in [-0.1, -0.05) is 35.9 Å². The number of nitrogens with two attached hydrogens (primary N) is 1. The molecule has 0 fully saturated rings. The number of halogens is 1. The van der Waals surface area contributed by atoms with Crippen LogP contribution < -0.4 is 16.4 Å². The van der Waals surface area contributed by atoms with Gasteiger partial charge in [0.25, 0.3) is 0 Å². The molecule has 0 bridgehead atoms. The second-order valence-corrected chi connectivity index (χ2v) is 6.41. The quantitative estimate of drug-likeness (QED) is 0.648. The highest BCUT2D eigenvalue weighted by molar-refractivity contribution is 7.13.